The lowest BCUT2D eigenvalue weighted by atomic mass is 10.0. The van der Waals surface area contributed by atoms with E-state index in [0.29, 0.717) is 0 Å². The minimum absolute atomic E-state index is 1.17. The smallest absolute Gasteiger partial charge is 0.0279 e. The second-order valence-electron chi connectivity index (χ2n) is 5.87. The van der Waals surface area contributed by atoms with Gasteiger partial charge in [0.2, 0.25) is 0 Å². The number of rotatable bonds is 12. The lowest BCUT2D eigenvalue weighted by Gasteiger charge is -2.05. The maximum atomic E-state index is 3.77. The van der Waals surface area contributed by atoms with E-state index >= 15 is 0 Å². The predicted molar refractivity (Wildman–Crippen MR) is 91.3 cm³/mol. The van der Waals surface area contributed by atoms with Crippen LogP contribution in [0, 0.1) is 0 Å². The predicted octanol–water partition coefficient (Wildman–Crippen LogP) is 6.49. The number of hydrogen-bond donors (Lipinski definition) is 0. The van der Waals surface area contributed by atoms with Crippen molar-refractivity contribution in [1.82, 2.24) is 0 Å². The van der Waals surface area contributed by atoms with Gasteiger partial charge >= 0.3 is 0 Å². The van der Waals surface area contributed by atoms with Crippen LogP contribution in [0.25, 0.3) is 0 Å². The molecule has 0 spiro atoms. The summed E-state index contributed by atoms with van der Waals surface area (Å²) in [5.74, 6) is 0. The molecular weight excluding hydrogens is 240 g/mol. The summed E-state index contributed by atoms with van der Waals surface area (Å²) in [5, 5.41) is 0. The number of unbranched alkanes of at least 4 members (excludes halogenated alkanes) is 7. The highest BCUT2D eigenvalue weighted by Gasteiger charge is 1.96. The molecule has 0 saturated carbocycles. The molecule has 0 fully saturated rings. The summed E-state index contributed by atoms with van der Waals surface area (Å²) in [6.45, 7) is 6.04. The van der Waals surface area contributed by atoms with E-state index in [1.807, 2.05) is 6.08 Å². The van der Waals surface area contributed by atoms with Crippen molar-refractivity contribution >= 4 is 0 Å². The Morgan fingerprint density at radius 2 is 1.25 bits per heavy atom. The van der Waals surface area contributed by atoms with Gasteiger partial charge in [-0.05, 0) is 49.7 Å². The Kier molecular flexibility index (Phi) is 10.0. The molecule has 1 rings (SSSR count). The van der Waals surface area contributed by atoms with E-state index in [9.17, 15) is 0 Å². The third kappa shape index (κ3) is 8.19. The van der Waals surface area contributed by atoms with E-state index < -0.39 is 0 Å². The maximum Gasteiger partial charge on any atom is -0.0279 e. The van der Waals surface area contributed by atoms with Crippen LogP contribution in [0.3, 0.4) is 0 Å². The molecule has 1 aromatic rings. The van der Waals surface area contributed by atoms with Crippen LogP contribution in [-0.4, -0.2) is 0 Å². The molecule has 0 aliphatic rings. The molecule has 0 unspecified atom stereocenters. The first-order valence-electron chi connectivity index (χ1n) is 8.55. The minimum atomic E-state index is 1.17. The van der Waals surface area contributed by atoms with E-state index in [0.717, 1.165) is 0 Å². The Balaban J connectivity index is 2.13. The third-order valence-corrected chi connectivity index (χ3v) is 3.97. The normalized spacial score (nSPS) is 10.7. The molecule has 0 amide bonds. The summed E-state index contributed by atoms with van der Waals surface area (Å²) in [7, 11) is 0. The van der Waals surface area contributed by atoms with Crippen molar-refractivity contribution in [3.05, 3.63) is 48.0 Å². The van der Waals surface area contributed by atoms with Crippen molar-refractivity contribution in [2.75, 3.05) is 0 Å². The van der Waals surface area contributed by atoms with Crippen LogP contribution in [0.2, 0.25) is 0 Å². The molecule has 112 valence electrons. The topological polar surface area (TPSA) is 0 Å². The molecule has 0 aromatic heterocycles. The van der Waals surface area contributed by atoms with Gasteiger partial charge in [-0.15, -0.1) is 6.58 Å². The molecule has 0 heteroatoms. The summed E-state index contributed by atoms with van der Waals surface area (Å²) >= 11 is 0. The van der Waals surface area contributed by atoms with E-state index in [1.165, 1.54) is 81.8 Å². The minimum Gasteiger partial charge on any atom is -0.103 e. The second-order valence-corrected chi connectivity index (χ2v) is 5.87. The number of benzene rings is 1. The monoisotopic (exact) mass is 272 g/mol. The lowest BCUT2D eigenvalue weighted by molar-refractivity contribution is 0.646. The van der Waals surface area contributed by atoms with Crippen molar-refractivity contribution in [3.8, 4) is 0 Å². The first-order chi connectivity index (χ1) is 9.86. The third-order valence-electron chi connectivity index (χ3n) is 3.97. The van der Waals surface area contributed by atoms with Crippen molar-refractivity contribution in [3.63, 3.8) is 0 Å². The summed E-state index contributed by atoms with van der Waals surface area (Å²) in [4.78, 5) is 0. The number of aryl methyl sites for hydroxylation is 2. The molecule has 0 saturated heterocycles. The van der Waals surface area contributed by atoms with Crippen molar-refractivity contribution in [2.24, 2.45) is 0 Å². The van der Waals surface area contributed by atoms with E-state index in [1.54, 1.807) is 0 Å². The Hall–Kier alpha value is -1.04. The fourth-order valence-electron chi connectivity index (χ4n) is 2.60. The van der Waals surface area contributed by atoms with Gasteiger partial charge in [0, 0.05) is 0 Å². The quantitative estimate of drug-likeness (QED) is 0.301. The summed E-state index contributed by atoms with van der Waals surface area (Å²) in [6, 6.07) is 9.33. The molecule has 0 bridgehead atoms. The Morgan fingerprint density at radius 3 is 1.75 bits per heavy atom. The molecule has 0 N–H and O–H groups in total. The molecule has 20 heavy (non-hydrogen) atoms. The SMILES string of the molecule is C=CCCCCCCc1ccc(CCCCCC)cc1. The van der Waals surface area contributed by atoms with E-state index in [-0.39, 0.29) is 0 Å². The zero-order chi connectivity index (χ0) is 14.5. The van der Waals surface area contributed by atoms with Crippen molar-refractivity contribution in [2.45, 2.75) is 77.6 Å². The average Bonchev–Trinajstić information content (AvgIpc) is 2.49. The van der Waals surface area contributed by atoms with Gasteiger partial charge in [0.1, 0.15) is 0 Å². The maximum absolute atomic E-state index is 3.77. The first kappa shape index (κ1) is 17.0. The van der Waals surface area contributed by atoms with Gasteiger partial charge in [-0.3, -0.25) is 0 Å². The van der Waals surface area contributed by atoms with Gasteiger partial charge in [0.15, 0.2) is 0 Å². The first-order valence-corrected chi connectivity index (χ1v) is 8.55. The van der Waals surface area contributed by atoms with Crippen LogP contribution in [0.1, 0.15) is 75.8 Å². The second kappa shape index (κ2) is 11.8. The summed E-state index contributed by atoms with van der Waals surface area (Å²) in [5.41, 5.74) is 3.02. The zero-order valence-electron chi connectivity index (χ0n) is 13.4. The van der Waals surface area contributed by atoms with Crippen LogP contribution >= 0.6 is 0 Å². The molecule has 0 heterocycles. The average molecular weight is 272 g/mol. The standard InChI is InChI=1S/C20H32/c1-3-5-7-9-10-12-14-20-17-15-19(16-18-20)13-11-8-6-4-2/h3,15-18H,1,4-14H2,2H3. The fourth-order valence-corrected chi connectivity index (χ4v) is 2.60. The van der Waals surface area contributed by atoms with Crippen molar-refractivity contribution < 1.29 is 0 Å². The molecular formula is C20H32. The van der Waals surface area contributed by atoms with Crippen LogP contribution < -0.4 is 0 Å². The van der Waals surface area contributed by atoms with Gasteiger partial charge in [-0.2, -0.15) is 0 Å². The Labute approximate surface area is 126 Å². The highest BCUT2D eigenvalue weighted by molar-refractivity contribution is 5.22. The van der Waals surface area contributed by atoms with Crippen molar-refractivity contribution in [1.29, 1.82) is 0 Å². The zero-order valence-corrected chi connectivity index (χ0v) is 13.4. The van der Waals surface area contributed by atoms with Gasteiger partial charge in [0.25, 0.3) is 0 Å². The van der Waals surface area contributed by atoms with Crippen LogP contribution in [0.5, 0.6) is 0 Å². The van der Waals surface area contributed by atoms with Crippen LogP contribution in [0.4, 0.5) is 0 Å². The van der Waals surface area contributed by atoms with Gasteiger partial charge < -0.3 is 0 Å². The summed E-state index contributed by atoms with van der Waals surface area (Å²) < 4.78 is 0. The molecule has 0 radical (unpaired) electrons. The highest BCUT2D eigenvalue weighted by Crippen LogP contribution is 2.13. The van der Waals surface area contributed by atoms with Gasteiger partial charge in [-0.25, -0.2) is 0 Å². The van der Waals surface area contributed by atoms with Gasteiger partial charge in [-0.1, -0.05) is 69.4 Å². The van der Waals surface area contributed by atoms with Gasteiger partial charge in [0.05, 0.1) is 0 Å². The van der Waals surface area contributed by atoms with Crippen LogP contribution in [-0.2, 0) is 12.8 Å². The molecule has 1 aromatic carbocycles. The molecule has 0 nitrogen and oxygen atoms in total. The highest BCUT2D eigenvalue weighted by atomic mass is 14.0. The van der Waals surface area contributed by atoms with E-state index in [4.69, 9.17) is 0 Å². The lowest BCUT2D eigenvalue weighted by Crippen LogP contribution is -1.89. The van der Waals surface area contributed by atoms with E-state index in [2.05, 4.69) is 37.8 Å². The number of allylic oxidation sites excluding steroid dienone is 1. The Morgan fingerprint density at radius 1 is 0.750 bits per heavy atom. The summed E-state index contributed by atoms with van der Waals surface area (Å²) in [6.07, 6.45) is 16.5. The largest absolute Gasteiger partial charge is 0.103 e. The fraction of sp³-hybridized carbons (Fsp3) is 0.600. The molecule has 0 aliphatic heterocycles. The van der Waals surface area contributed by atoms with Crippen LogP contribution in [0.15, 0.2) is 36.9 Å². The molecule has 0 aliphatic carbocycles. The number of hydrogen-bond acceptors (Lipinski definition) is 0. The molecule has 0 atom stereocenters. The Bertz CT molecular complexity index is 334.